The summed E-state index contributed by atoms with van der Waals surface area (Å²) in [5, 5.41) is 3.35. The zero-order valence-corrected chi connectivity index (χ0v) is 16.5. The van der Waals surface area contributed by atoms with E-state index in [0.29, 0.717) is 10.9 Å². The van der Waals surface area contributed by atoms with Gasteiger partial charge in [0.05, 0.1) is 10.6 Å². The van der Waals surface area contributed by atoms with Crippen molar-refractivity contribution >= 4 is 22.4 Å². The molecule has 28 heavy (non-hydrogen) atoms. The highest BCUT2D eigenvalue weighted by Gasteiger charge is 2.23. The van der Waals surface area contributed by atoms with Gasteiger partial charge in [0.2, 0.25) is 0 Å². The van der Waals surface area contributed by atoms with Crippen LogP contribution in [0.25, 0.3) is 22.0 Å². The summed E-state index contributed by atoms with van der Waals surface area (Å²) < 4.78 is 7.29. The van der Waals surface area contributed by atoms with E-state index in [2.05, 4.69) is 20.3 Å². The minimum Gasteiger partial charge on any atom is -0.447 e. The highest BCUT2D eigenvalue weighted by molar-refractivity contribution is 7.19. The molecular weight excluding hydrogens is 374 g/mol. The van der Waals surface area contributed by atoms with Crippen molar-refractivity contribution in [3.8, 4) is 22.0 Å². The molecule has 0 fully saturated rings. The van der Waals surface area contributed by atoms with Crippen LogP contribution >= 0.6 is 11.3 Å². The molecule has 1 aromatic carbocycles. The van der Waals surface area contributed by atoms with E-state index in [4.69, 9.17) is 4.42 Å². The Balaban J connectivity index is 1.73. The summed E-state index contributed by atoms with van der Waals surface area (Å²) in [5.41, 5.74) is 2.02. The maximum atomic E-state index is 12.7. The van der Waals surface area contributed by atoms with Gasteiger partial charge in [-0.25, -0.2) is 15.0 Å². The lowest BCUT2D eigenvalue weighted by atomic mass is 10.1. The minimum atomic E-state index is -0.336. The number of hydrogen-bond acceptors (Lipinski definition) is 6. The Morgan fingerprint density at radius 3 is 2.68 bits per heavy atom. The lowest BCUT2D eigenvalue weighted by Gasteiger charge is -2.03. The third kappa shape index (κ3) is 3.34. The molecule has 3 heterocycles. The topological polar surface area (TPSA) is 85.8 Å². The summed E-state index contributed by atoms with van der Waals surface area (Å²) in [5.74, 6) is 1.07. The van der Waals surface area contributed by atoms with Crippen LogP contribution in [0, 0.1) is 0 Å². The molecule has 7 nitrogen and oxygen atoms in total. The van der Waals surface area contributed by atoms with Gasteiger partial charge >= 0.3 is 0 Å². The van der Waals surface area contributed by atoms with Crippen LogP contribution < -0.4 is 5.32 Å². The maximum absolute atomic E-state index is 12.7. The predicted molar refractivity (Wildman–Crippen MR) is 108 cm³/mol. The molecule has 0 aliphatic rings. The third-order valence-corrected chi connectivity index (χ3v) is 5.22. The monoisotopic (exact) mass is 393 g/mol. The van der Waals surface area contributed by atoms with Crippen LogP contribution in [-0.2, 0) is 7.05 Å². The van der Waals surface area contributed by atoms with Crippen molar-refractivity contribution in [2.24, 2.45) is 7.05 Å². The Hall–Kier alpha value is -3.26. The van der Waals surface area contributed by atoms with Crippen molar-refractivity contribution in [1.29, 1.82) is 0 Å². The predicted octanol–water partition coefficient (Wildman–Crippen LogP) is 4.57. The van der Waals surface area contributed by atoms with E-state index >= 15 is 0 Å². The highest BCUT2D eigenvalue weighted by atomic mass is 32.1. The first kappa shape index (κ1) is 18.1. The summed E-state index contributed by atoms with van der Waals surface area (Å²) in [6.07, 6.45) is 4.92. The van der Waals surface area contributed by atoms with Crippen LogP contribution in [0.2, 0.25) is 0 Å². The second kappa shape index (κ2) is 7.40. The van der Waals surface area contributed by atoms with Gasteiger partial charge in [-0.1, -0.05) is 55.5 Å². The molecule has 0 radical (unpaired) electrons. The van der Waals surface area contributed by atoms with Gasteiger partial charge < -0.3 is 8.98 Å². The Bertz CT molecular complexity index is 1110. The molecule has 0 aliphatic heterocycles. The number of rotatable bonds is 5. The van der Waals surface area contributed by atoms with Crippen molar-refractivity contribution in [2.75, 3.05) is 5.32 Å². The van der Waals surface area contributed by atoms with Gasteiger partial charge in [0.1, 0.15) is 5.76 Å². The van der Waals surface area contributed by atoms with E-state index in [1.54, 1.807) is 6.20 Å². The molecule has 4 aromatic rings. The van der Waals surface area contributed by atoms with E-state index in [0.717, 1.165) is 22.0 Å². The number of anilines is 1. The molecule has 0 saturated carbocycles. The lowest BCUT2D eigenvalue weighted by Crippen LogP contribution is -2.14. The van der Waals surface area contributed by atoms with Gasteiger partial charge in [-0.15, -0.1) is 0 Å². The molecule has 0 atom stereocenters. The van der Waals surface area contributed by atoms with Gasteiger partial charge in [-0.2, -0.15) is 0 Å². The van der Waals surface area contributed by atoms with Crippen LogP contribution in [0.4, 0.5) is 5.13 Å². The summed E-state index contributed by atoms with van der Waals surface area (Å²) in [6, 6.07) is 9.85. The molecular formula is C20H19N5O2S. The summed E-state index contributed by atoms with van der Waals surface area (Å²) >= 11 is 1.38. The average Bonchev–Trinajstić information content (AvgIpc) is 3.41. The van der Waals surface area contributed by atoms with Gasteiger partial charge in [0.15, 0.2) is 23.0 Å². The normalized spacial score (nSPS) is 11.1. The quantitative estimate of drug-likeness (QED) is 0.537. The number of nitrogens with zero attached hydrogens (tertiary/aromatic N) is 4. The van der Waals surface area contributed by atoms with Crippen LogP contribution in [0.5, 0.6) is 0 Å². The number of amides is 1. The fourth-order valence-electron chi connectivity index (χ4n) is 2.89. The molecule has 8 heteroatoms. The number of hydrogen-bond donors (Lipinski definition) is 1. The van der Waals surface area contributed by atoms with Gasteiger partial charge in [-0.05, 0) is 0 Å². The first-order valence-electron chi connectivity index (χ1n) is 8.83. The second-order valence-corrected chi connectivity index (χ2v) is 7.60. The molecule has 0 aliphatic carbocycles. The van der Waals surface area contributed by atoms with Crippen molar-refractivity contribution in [3.63, 3.8) is 0 Å². The van der Waals surface area contributed by atoms with Crippen molar-refractivity contribution in [1.82, 2.24) is 19.5 Å². The van der Waals surface area contributed by atoms with Crippen molar-refractivity contribution < 1.29 is 9.21 Å². The van der Waals surface area contributed by atoms with Crippen molar-refractivity contribution in [3.05, 3.63) is 60.6 Å². The second-order valence-electron chi connectivity index (χ2n) is 6.60. The van der Waals surface area contributed by atoms with E-state index < -0.39 is 0 Å². The third-order valence-electron chi connectivity index (χ3n) is 4.25. The van der Waals surface area contributed by atoms with E-state index in [9.17, 15) is 4.79 Å². The lowest BCUT2D eigenvalue weighted by molar-refractivity contribution is 0.102. The van der Waals surface area contributed by atoms with Crippen LogP contribution in [0.15, 0.2) is 53.5 Å². The summed E-state index contributed by atoms with van der Waals surface area (Å²) in [7, 11) is 1.93. The molecule has 4 rings (SSSR count). The standard InChI is InChI=1S/C20H19N5O2S/c1-12(2)16-15(22-11-27-16)19(26)24-20-23-14(13-7-5-4-6-8-13)17(28-20)18-21-9-10-25(18)3/h4-12H,1-3H3,(H,23,24,26). The largest absolute Gasteiger partial charge is 0.447 e. The Kier molecular flexibility index (Phi) is 4.79. The van der Waals surface area contributed by atoms with Crippen LogP contribution in [0.3, 0.4) is 0 Å². The van der Waals surface area contributed by atoms with Crippen molar-refractivity contribution in [2.45, 2.75) is 19.8 Å². The molecule has 1 N–H and O–H groups in total. The number of aromatic nitrogens is 4. The number of thiazole rings is 1. The Labute approximate surface area is 166 Å². The summed E-state index contributed by atoms with van der Waals surface area (Å²) in [6.45, 7) is 3.90. The Morgan fingerprint density at radius 2 is 2.00 bits per heavy atom. The average molecular weight is 393 g/mol. The fraction of sp³-hybridized carbons (Fsp3) is 0.200. The summed E-state index contributed by atoms with van der Waals surface area (Å²) in [4.78, 5) is 26.8. The number of carbonyl (C=O) groups excluding carboxylic acids is 1. The fourth-order valence-corrected chi connectivity index (χ4v) is 3.92. The van der Waals surface area contributed by atoms with E-state index in [-0.39, 0.29) is 17.5 Å². The highest BCUT2D eigenvalue weighted by Crippen LogP contribution is 2.38. The molecule has 0 spiro atoms. The Morgan fingerprint density at radius 1 is 1.21 bits per heavy atom. The first-order chi connectivity index (χ1) is 13.5. The molecule has 0 bridgehead atoms. The molecule has 3 aromatic heterocycles. The van der Waals surface area contributed by atoms with E-state index in [1.807, 2.05) is 62.0 Å². The van der Waals surface area contributed by atoms with Crippen LogP contribution in [-0.4, -0.2) is 25.4 Å². The molecule has 142 valence electrons. The smallest absolute Gasteiger partial charge is 0.279 e. The number of benzene rings is 1. The van der Waals surface area contributed by atoms with Gasteiger partial charge in [0.25, 0.3) is 5.91 Å². The number of nitrogens with one attached hydrogen (secondary N) is 1. The number of oxazole rings is 1. The van der Waals surface area contributed by atoms with Crippen LogP contribution in [0.1, 0.15) is 36.0 Å². The zero-order chi connectivity index (χ0) is 19.7. The number of aryl methyl sites for hydroxylation is 1. The number of imidazole rings is 1. The first-order valence-corrected chi connectivity index (χ1v) is 9.65. The minimum absolute atomic E-state index is 0.0579. The SMILES string of the molecule is CC(C)c1ocnc1C(=O)Nc1nc(-c2ccccc2)c(-c2nccn2C)s1. The molecule has 0 saturated heterocycles. The number of carbonyl (C=O) groups is 1. The van der Waals surface area contributed by atoms with Gasteiger partial charge in [0, 0.05) is 30.9 Å². The zero-order valence-electron chi connectivity index (χ0n) is 15.7. The van der Waals surface area contributed by atoms with E-state index in [1.165, 1.54) is 17.7 Å². The molecule has 1 amide bonds. The maximum Gasteiger partial charge on any atom is 0.279 e. The van der Waals surface area contributed by atoms with Gasteiger partial charge in [-0.3, -0.25) is 10.1 Å². The molecule has 0 unspecified atom stereocenters.